The van der Waals surface area contributed by atoms with Gasteiger partial charge in [0, 0.05) is 12.6 Å². The highest BCUT2D eigenvalue weighted by Crippen LogP contribution is 2.20. The van der Waals surface area contributed by atoms with Crippen molar-refractivity contribution in [1.29, 1.82) is 0 Å². The van der Waals surface area contributed by atoms with E-state index in [9.17, 15) is 4.79 Å². The Labute approximate surface area is 124 Å². The van der Waals surface area contributed by atoms with E-state index in [2.05, 4.69) is 16.7 Å². The lowest BCUT2D eigenvalue weighted by Crippen LogP contribution is -2.39. The van der Waals surface area contributed by atoms with Gasteiger partial charge in [0.25, 0.3) is 5.91 Å². The fourth-order valence-electron chi connectivity index (χ4n) is 2.63. The molecule has 1 saturated heterocycles. The normalized spacial score (nSPS) is 17.8. The van der Waals surface area contributed by atoms with Gasteiger partial charge in [0.2, 0.25) is 0 Å². The summed E-state index contributed by atoms with van der Waals surface area (Å²) < 4.78 is 5.56. The highest BCUT2D eigenvalue weighted by atomic mass is 16.5. The third-order valence-electron chi connectivity index (χ3n) is 3.80. The Morgan fingerprint density at radius 3 is 2.90 bits per heavy atom. The number of hydrogen-bond acceptors (Lipinski definition) is 3. The van der Waals surface area contributed by atoms with E-state index >= 15 is 0 Å². The number of fused-ring (bicyclic) bond motifs is 1. The molecule has 4 heteroatoms. The van der Waals surface area contributed by atoms with Crippen LogP contribution < -0.4 is 15.4 Å². The first-order valence-electron chi connectivity index (χ1n) is 7.43. The molecule has 1 atom stereocenters. The topological polar surface area (TPSA) is 50.4 Å². The molecule has 0 saturated carbocycles. The number of carbonyl (C=O) groups is 1. The summed E-state index contributed by atoms with van der Waals surface area (Å²) in [7, 11) is 0. The van der Waals surface area contributed by atoms with Crippen molar-refractivity contribution in [1.82, 2.24) is 10.6 Å². The zero-order valence-electron chi connectivity index (χ0n) is 12.0. The molecule has 3 rings (SSSR count). The van der Waals surface area contributed by atoms with Crippen molar-refractivity contribution < 1.29 is 9.53 Å². The van der Waals surface area contributed by atoms with E-state index in [1.165, 1.54) is 11.8 Å². The summed E-state index contributed by atoms with van der Waals surface area (Å²) in [6, 6.07) is 14.4. The van der Waals surface area contributed by atoms with Crippen LogP contribution in [0.2, 0.25) is 0 Å². The predicted molar refractivity (Wildman–Crippen MR) is 83.5 cm³/mol. The van der Waals surface area contributed by atoms with Crippen molar-refractivity contribution in [2.75, 3.05) is 19.7 Å². The second-order valence-electron chi connectivity index (χ2n) is 5.39. The van der Waals surface area contributed by atoms with E-state index in [4.69, 9.17) is 4.74 Å². The summed E-state index contributed by atoms with van der Waals surface area (Å²) in [5, 5.41) is 8.54. The first-order chi connectivity index (χ1) is 10.3. The van der Waals surface area contributed by atoms with E-state index in [0.29, 0.717) is 12.6 Å². The molecule has 1 amide bonds. The summed E-state index contributed by atoms with van der Waals surface area (Å²) >= 11 is 0. The average molecular weight is 284 g/mol. The molecule has 0 spiro atoms. The molecule has 2 aromatic rings. The largest absolute Gasteiger partial charge is 0.484 e. The van der Waals surface area contributed by atoms with Crippen LogP contribution in [0.15, 0.2) is 42.5 Å². The molecule has 2 aromatic carbocycles. The Morgan fingerprint density at radius 1 is 1.24 bits per heavy atom. The molecule has 1 heterocycles. The lowest BCUT2D eigenvalue weighted by molar-refractivity contribution is -0.123. The van der Waals surface area contributed by atoms with Crippen LogP contribution in [-0.4, -0.2) is 31.6 Å². The second kappa shape index (κ2) is 6.59. The fraction of sp³-hybridized carbons (Fsp3) is 0.353. The molecule has 1 unspecified atom stereocenters. The van der Waals surface area contributed by atoms with E-state index in [1.807, 2.05) is 36.4 Å². The number of rotatable bonds is 5. The molecule has 2 N–H and O–H groups in total. The SMILES string of the molecule is O=C(COc1ccc2ccccc2c1)NCC1CCCN1. The molecule has 0 aliphatic carbocycles. The summed E-state index contributed by atoms with van der Waals surface area (Å²) in [5.41, 5.74) is 0. The van der Waals surface area contributed by atoms with Gasteiger partial charge in [0.05, 0.1) is 0 Å². The number of ether oxygens (including phenoxy) is 1. The molecular formula is C17H20N2O2. The van der Waals surface area contributed by atoms with Crippen molar-refractivity contribution in [3.8, 4) is 5.75 Å². The van der Waals surface area contributed by atoms with E-state index in [1.54, 1.807) is 0 Å². The highest BCUT2D eigenvalue weighted by molar-refractivity contribution is 5.84. The van der Waals surface area contributed by atoms with E-state index in [0.717, 1.165) is 24.1 Å². The quantitative estimate of drug-likeness (QED) is 0.884. The maximum Gasteiger partial charge on any atom is 0.257 e. The Bertz CT molecular complexity index is 621. The van der Waals surface area contributed by atoms with E-state index < -0.39 is 0 Å². The van der Waals surface area contributed by atoms with Crippen LogP contribution in [0.5, 0.6) is 5.75 Å². The molecule has 0 aromatic heterocycles. The Kier molecular flexibility index (Phi) is 4.36. The lowest BCUT2D eigenvalue weighted by atomic mass is 10.1. The van der Waals surface area contributed by atoms with Gasteiger partial charge in [0.1, 0.15) is 5.75 Å². The smallest absolute Gasteiger partial charge is 0.257 e. The molecule has 0 bridgehead atoms. The molecule has 1 aliphatic rings. The zero-order chi connectivity index (χ0) is 14.5. The number of nitrogens with one attached hydrogen (secondary N) is 2. The average Bonchev–Trinajstić information content (AvgIpc) is 3.04. The minimum Gasteiger partial charge on any atom is -0.484 e. The van der Waals surface area contributed by atoms with Gasteiger partial charge in [0.15, 0.2) is 6.61 Å². The number of amides is 1. The van der Waals surface area contributed by atoms with Crippen LogP contribution in [0.3, 0.4) is 0 Å². The molecule has 0 radical (unpaired) electrons. The van der Waals surface area contributed by atoms with Crippen LogP contribution >= 0.6 is 0 Å². The van der Waals surface area contributed by atoms with Gasteiger partial charge in [-0.05, 0) is 42.3 Å². The molecule has 1 fully saturated rings. The fourth-order valence-corrected chi connectivity index (χ4v) is 2.63. The zero-order valence-corrected chi connectivity index (χ0v) is 12.0. The number of benzene rings is 2. The van der Waals surface area contributed by atoms with Gasteiger partial charge < -0.3 is 15.4 Å². The molecule has 4 nitrogen and oxygen atoms in total. The number of hydrogen-bond donors (Lipinski definition) is 2. The summed E-state index contributed by atoms with van der Waals surface area (Å²) in [5.74, 6) is 0.652. The second-order valence-corrected chi connectivity index (χ2v) is 5.39. The predicted octanol–water partition coefficient (Wildman–Crippen LogP) is 2.09. The van der Waals surface area contributed by atoms with Gasteiger partial charge >= 0.3 is 0 Å². The van der Waals surface area contributed by atoms with Crippen molar-refractivity contribution >= 4 is 16.7 Å². The molecule has 110 valence electrons. The minimum atomic E-state index is -0.0724. The number of carbonyl (C=O) groups excluding carboxylic acids is 1. The van der Waals surface area contributed by atoms with Crippen LogP contribution in [0, 0.1) is 0 Å². The van der Waals surface area contributed by atoms with Gasteiger partial charge in [-0.1, -0.05) is 30.3 Å². The van der Waals surface area contributed by atoms with Crippen molar-refractivity contribution in [3.63, 3.8) is 0 Å². The van der Waals surface area contributed by atoms with Gasteiger partial charge in [-0.15, -0.1) is 0 Å². The van der Waals surface area contributed by atoms with Crippen molar-refractivity contribution in [2.45, 2.75) is 18.9 Å². The molecule has 1 aliphatic heterocycles. The summed E-state index contributed by atoms with van der Waals surface area (Å²) in [4.78, 5) is 11.8. The first kappa shape index (κ1) is 13.9. The van der Waals surface area contributed by atoms with Gasteiger partial charge in [-0.2, -0.15) is 0 Å². The monoisotopic (exact) mass is 284 g/mol. The van der Waals surface area contributed by atoms with Crippen LogP contribution in [0.1, 0.15) is 12.8 Å². The maximum absolute atomic E-state index is 11.8. The van der Waals surface area contributed by atoms with Gasteiger partial charge in [-0.3, -0.25) is 4.79 Å². The van der Waals surface area contributed by atoms with E-state index in [-0.39, 0.29) is 12.5 Å². The van der Waals surface area contributed by atoms with Crippen molar-refractivity contribution in [3.05, 3.63) is 42.5 Å². The highest BCUT2D eigenvalue weighted by Gasteiger charge is 2.14. The van der Waals surface area contributed by atoms with Gasteiger partial charge in [-0.25, -0.2) is 0 Å². The lowest BCUT2D eigenvalue weighted by Gasteiger charge is -2.12. The Balaban J connectivity index is 1.49. The third-order valence-corrected chi connectivity index (χ3v) is 3.80. The summed E-state index contributed by atoms with van der Waals surface area (Å²) in [6.07, 6.45) is 2.32. The standard InChI is InChI=1S/C17H20N2O2/c20-17(19-11-15-6-3-9-18-15)12-21-16-8-7-13-4-1-2-5-14(13)10-16/h1-2,4-5,7-8,10,15,18H,3,6,9,11-12H2,(H,19,20). The molecular weight excluding hydrogens is 264 g/mol. The molecule has 21 heavy (non-hydrogen) atoms. The first-order valence-corrected chi connectivity index (χ1v) is 7.43. The minimum absolute atomic E-state index is 0.0606. The van der Waals surface area contributed by atoms with Crippen LogP contribution in [0.4, 0.5) is 0 Å². The van der Waals surface area contributed by atoms with Crippen LogP contribution in [-0.2, 0) is 4.79 Å². The van der Waals surface area contributed by atoms with Crippen LogP contribution in [0.25, 0.3) is 10.8 Å². The Hall–Kier alpha value is -2.07. The Morgan fingerprint density at radius 2 is 2.10 bits per heavy atom. The maximum atomic E-state index is 11.8. The summed E-state index contributed by atoms with van der Waals surface area (Å²) in [6.45, 7) is 1.79. The van der Waals surface area contributed by atoms with Crippen molar-refractivity contribution in [2.24, 2.45) is 0 Å². The third kappa shape index (κ3) is 3.73.